The number of carbonyl (C=O) groups excluding carboxylic acids is 5. The van der Waals surface area contributed by atoms with Gasteiger partial charge in [-0.3, -0.25) is 24.0 Å². The SMILES string of the molecule is CN(C)c1cc(CCc2ccccc2SC(C)(C)C)c(O)c2c1C[C@H]1C[C@H]3CC(=O)C(C(N)=O)C(=O)[C@@]3(O)C(=O)C1C2=O. The maximum absolute atomic E-state index is 14.1. The quantitative estimate of drug-likeness (QED) is 0.332. The number of hydrogen-bond donors (Lipinski definition) is 3. The summed E-state index contributed by atoms with van der Waals surface area (Å²) in [5.74, 6) is -10.0. The highest BCUT2D eigenvalue weighted by Crippen LogP contribution is 2.51. The van der Waals surface area contributed by atoms with Crippen molar-refractivity contribution in [2.75, 3.05) is 19.0 Å². The summed E-state index contributed by atoms with van der Waals surface area (Å²) in [5.41, 5.74) is 5.66. The Morgan fingerprint density at radius 1 is 1.05 bits per heavy atom. The van der Waals surface area contributed by atoms with Crippen LogP contribution in [-0.2, 0) is 38.4 Å². The van der Waals surface area contributed by atoms with E-state index in [9.17, 15) is 34.2 Å². The molecular weight excluding hydrogens is 568 g/mol. The first-order chi connectivity index (χ1) is 20.1. The van der Waals surface area contributed by atoms with Gasteiger partial charge >= 0.3 is 0 Å². The fourth-order valence-corrected chi connectivity index (χ4v) is 8.18. The van der Waals surface area contributed by atoms with Crippen molar-refractivity contribution < 1.29 is 34.2 Å². The van der Waals surface area contributed by atoms with Crippen LogP contribution in [0.4, 0.5) is 5.69 Å². The Labute approximate surface area is 255 Å². The molecule has 3 aliphatic rings. The highest BCUT2D eigenvalue weighted by molar-refractivity contribution is 8.00. The number of nitrogens with zero attached hydrogens (tertiary/aromatic N) is 1. The number of fused-ring (bicyclic) bond motifs is 3. The van der Waals surface area contributed by atoms with E-state index in [0.29, 0.717) is 24.0 Å². The summed E-state index contributed by atoms with van der Waals surface area (Å²) in [4.78, 5) is 68.7. The highest BCUT2D eigenvalue weighted by Gasteiger charge is 2.66. The van der Waals surface area contributed by atoms with E-state index in [0.717, 1.165) is 16.1 Å². The number of ketones is 4. The molecule has 2 aromatic rings. The van der Waals surface area contributed by atoms with E-state index in [-0.39, 0.29) is 35.3 Å². The number of hydrogen-bond acceptors (Lipinski definition) is 9. The molecule has 43 heavy (non-hydrogen) atoms. The fourth-order valence-electron chi connectivity index (χ4n) is 7.07. The lowest BCUT2D eigenvalue weighted by Gasteiger charge is -2.48. The number of thioether (sulfide) groups is 1. The van der Waals surface area contributed by atoms with E-state index in [2.05, 4.69) is 32.9 Å². The number of aliphatic hydroxyl groups is 1. The second-order valence-corrected chi connectivity index (χ2v) is 15.1. The van der Waals surface area contributed by atoms with Crippen molar-refractivity contribution in [2.24, 2.45) is 29.4 Å². The molecule has 0 bridgehead atoms. The minimum absolute atomic E-state index is 0.00515. The number of rotatable bonds is 6. The second-order valence-electron chi connectivity index (χ2n) is 13.2. The zero-order valence-electron chi connectivity index (χ0n) is 25.1. The largest absolute Gasteiger partial charge is 0.507 e. The maximum atomic E-state index is 14.1. The Morgan fingerprint density at radius 2 is 1.70 bits per heavy atom. The summed E-state index contributed by atoms with van der Waals surface area (Å²) in [6.07, 6.45) is 1.00. The molecule has 2 unspecified atom stereocenters. The van der Waals surface area contributed by atoms with E-state index in [4.69, 9.17) is 5.73 Å². The number of phenols is 1. The van der Waals surface area contributed by atoms with Crippen LogP contribution in [0.15, 0.2) is 35.2 Å². The smallest absolute Gasteiger partial charge is 0.235 e. The van der Waals surface area contributed by atoms with Crippen LogP contribution in [0.1, 0.15) is 60.7 Å². The Bertz CT molecular complexity index is 1560. The first-order valence-electron chi connectivity index (χ1n) is 14.6. The molecule has 0 spiro atoms. The van der Waals surface area contributed by atoms with Crippen LogP contribution in [0.3, 0.4) is 0 Å². The second kappa shape index (κ2) is 10.9. The van der Waals surface area contributed by atoms with Gasteiger partial charge in [0.25, 0.3) is 0 Å². The van der Waals surface area contributed by atoms with Gasteiger partial charge in [-0.25, -0.2) is 0 Å². The summed E-state index contributed by atoms with van der Waals surface area (Å²) < 4.78 is 0.00515. The molecule has 2 fully saturated rings. The maximum Gasteiger partial charge on any atom is 0.235 e. The highest BCUT2D eigenvalue weighted by atomic mass is 32.2. The lowest BCUT2D eigenvalue weighted by atomic mass is 9.53. The van der Waals surface area contributed by atoms with Gasteiger partial charge in [-0.2, -0.15) is 0 Å². The molecule has 0 aliphatic heterocycles. The molecule has 0 radical (unpaired) electrons. The molecule has 0 saturated heterocycles. The summed E-state index contributed by atoms with van der Waals surface area (Å²) in [6.45, 7) is 6.43. The lowest BCUT2D eigenvalue weighted by molar-refractivity contribution is -0.175. The van der Waals surface area contributed by atoms with Crippen LogP contribution >= 0.6 is 11.8 Å². The van der Waals surface area contributed by atoms with Gasteiger partial charge in [0.05, 0.1) is 11.5 Å². The van der Waals surface area contributed by atoms with Crippen LogP contribution in [-0.4, -0.2) is 63.7 Å². The summed E-state index contributed by atoms with van der Waals surface area (Å²) in [5, 5.41) is 23.0. The van der Waals surface area contributed by atoms with Gasteiger partial charge in [0.1, 0.15) is 5.75 Å². The van der Waals surface area contributed by atoms with Gasteiger partial charge in [-0.1, -0.05) is 39.0 Å². The molecule has 4 N–H and O–H groups in total. The minimum atomic E-state index is -2.66. The van der Waals surface area contributed by atoms with Crippen molar-refractivity contribution in [3.8, 4) is 5.75 Å². The van der Waals surface area contributed by atoms with Gasteiger partial charge in [0.2, 0.25) is 5.91 Å². The number of benzene rings is 2. The third-order valence-electron chi connectivity index (χ3n) is 8.99. The molecule has 2 aromatic carbocycles. The molecule has 10 heteroatoms. The minimum Gasteiger partial charge on any atom is -0.507 e. The Morgan fingerprint density at radius 3 is 2.33 bits per heavy atom. The van der Waals surface area contributed by atoms with E-state index < -0.39 is 58.3 Å². The Kier molecular flexibility index (Phi) is 7.84. The Hall–Kier alpha value is -3.50. The molecule has 0 aromatic heterocycles. The number of amides is 1. The van der Waals surface area contributed by atoms with Crippen LogP contribution in [0.25, 0.3) is 0 Å². The molecule has 2 saturated carbocycles. The van der Waals surface area contributed by atoms with Crippen molar-refractivity contribution >= 4 is 46.5 Å². The average molecular weight is 607 g/mol. The normalized spacial score (nSPS) is 26.9. The van der Waals surface area contributed by atoms with Crippen LogP contribution in [0.5, 0.6) is 5.75 Å². The fraction of sp³-hybridized carbons (Fsp3) is 0.485. The van der Waals surface area contributed by atoms with E-state index >= 15 is 0 Å². The number of aromatic hydroxyl groups is 1. The number of aryl methyl sites for hydroxylation is 2. The molecule has 5 rings (SSSR count). The van der Waals surface area contributed by atoms with Gasteiger partial charge in [0, 0.05) is 41.8 Å². The van der Waals surface area contributed by atoms with E-state index in [1.807, 2.05) is 37.2 Å². The molecule has 0 heterocycles. The standard InChI is InChI=1S/C33H38N2O7S/c1-32(2,3)43-23-9-7-6-8-16(23)10-11-17-14-21(35(4)5)20-13-18-12-19-15-22(36)26(31(34)41)30(40)33(19,42)29(39)24(18)28(38)25(20)27(17)37/h6-9,14,18-19,24,26,37,42H,10-13,15H2,1-5H3,(H2,34,41)/t18-,19+,24?,26?,33+/m1/s1. The zero-order chi connectivity index (χ0) is 31.6. The Balaban J connectivity index is 1.53. The van der Waals surface area contributed by atoms with E-state index in [1.54, 1.807) is 11.8 Å². The molecule has 228 valence electrons. The van der Waals surface area contributed by atoms with Gasteiger partial charge in [-0.05, 0) is 60.4 Å². The van der Waals surface area contributed by atoms with Crippen LogP contribution < -0.4 is 10.6 Å². The molecule has 3 aliphatic carbocycles. The molecular formula is C33H38N2O7S. The predicted octanol–water partition coefficient (Wildman–Crippen LogP) is 3.07. The van der Waals surface area contributed by atoms with Crippen molar-refractivity contribution in [2.45, 2.75) is 68.1 Å². The first kappa shape index (κ1) is 30.9. The summed E-state index contributed by atoms with van der Waals surface area (Å²) in [7, 11) is 3.69. The topological polar surface area (TPSA) is 155 Å². The first-order valence-corrected chi connectivity index (χ1v) is 15.4. The molecule has 5 atom stereocenters. The van der Waals surface area contributed by atoms with Gasteiger partial charge < -0.3 is 20.8 Å². The lowest BCUT2D eigenvalue weighted by Crippen LogP contribution is -2.68. The number of phenolic OH excluding ortho intramolecular Hbond substituents is 1. The average Bonchev–Trinajstić information content (AvgIpc) is 2.89. The monoisotopic (exact) mass is 606 g/mol. The van der Waals surface area contributed by atoms with Crippen molar-refractivity contribution in [3.05, 3.63) is 52.6 Å². The van der Waals surface area contributed by atoms with Gasteiger partial charge in [-0.15, -0.1) is 11.8 Å². The predicted molar refractivity (Wildman–Crippen MR) is 162 cm³/mol. The number of carbonyl (C=O) groups is 5. The number of Topliss-reactive ketones (excluding diaryl/α,β-unsaturated/α-hetero) is 4. The summed E-state index contributed by atoms with van der Waals surface area (Å²) in [6, 6.07) is 9.97. The third-order valence-corrected chi connectivity index (χ3v) is 10.2. The molecule has 9 nitrogen and oxygen atoms in total. The van der Waals surface area contributed by atoms with E-state index in [1.165, 1.54) is 0 Å². The zero-order valence-corrected chi connectivity index (χ0v) is 25.9. The number of primary amides is 1. The van der Waals surface area contributed by atoms with Crippen LogP contribution in [0.2, 0.25) is 0 Å². The van der Waals surface area contributed by atoms with Crippen LogP contribution in [0, 0.1) is 23.7 Å². The third kappa shape index (κ3) is 5.18. The molecule has 1 amide bonds. The van der Waals surface area contributed by atoms with Crippen molar-refractivity contribution in [1.29, 1.82) is 0 Å². The van der Waals surface area contributed by atoms with Crippen molar-refractivity contribution in [1.82, 2.24) is 0 Å². The summed E-state index contributed by atoms with van der Waals surface area (Å²) >= 11 is 1.76. The number of anilines is 1. The van der Waals surface area contributed by atoms with Crippen molar-refractivity contribution in [3.63, 3.8) is 0 Å². The number of nitrogens with two attached hydrogens (primary N) is 1. The van der Waals surface area contributed by atoms with Gasteiger partial charge in [0.15, 0.2) is 34.7 Å².